The van der Waals surface area contributed by atoms with Gasteiger partial charge in [-0.1, -0.05) is 34.8 Å². The van der Waals surface area contributed by atoms with E-state index in [9.17, 15) is 4.79 Å². The number of benzene rings is 1. The number of nitrogens with zero attached hydrogens (tertiary/aromatic N) is 1. The predicted molar refractivity (Wildman–Crippen MR) is 93.2 cm³/mol. The molecule has 1 atom stereocenters. The number of halogens is 3. The van der Waals surface area contributed by atoms with Crippen molar-refractivity contribution in [1.82, 2.24) is 10.2 Å². The molecule has 122 valence electrons. The fraction of sp³-hybridized carbons (Fsp3) is 0.533. The lowest BCUT2D eigenvalue weighted by atomic mass is 10.1. The van der Waals surface area contributed by atoms with Gasteiger partial charge in [-0.25, -0.2) is 0 Å². The number of anilines is 1. The van der Waals surface area contributed by atoms with Crippen molar-refractivity contribution in [1.29, 1.82) is 0 Å². The molecule has 1 heterocycles. The van der Waals surface area contributed by atoms with Crippen LogP contribution in [0.3, 0.4) is 0 Å². The molecule has 4 nitrogen and oxygen atoms in total. The van der Waals surface area contributed by atoms with E-state index in [0.717, 1.165) is 32.4 Å². The number of rotatable bonds is 4. The fourth-order valence-corrected chi connectivity index (χ4v) is 3.55. The van der Waals surface area contributed by atoms with Crippen molar-refractivity contribution in [2.45, 2.75) is 25.3 Å². The Morgan fingerprint density at radius 3 is 2.64 bits per heavy atom. The van der Waals surface area contributed by atoms with Crippen LogP contribution in [0.2, 0.25) is 15.1 Å². The van der Waals surface area contributed by atoms with Crippen molar-refractivity contribution < 1.29 is 4.79 Å². The first-order valence-electron chi connectivity index (χ1n) is 7.32. The van der Waals surface area contributed by atoms with E-state index >= 15 is 0 Å². The maximum absolute atomic E-state index is 12.2. The smallest absolute Gasteiger partial charge is 0.238 e. The van der Waals surface area contributed by atoms with Gasteiger partial charge < -0.3 is 10.6 Å². The van der Waals surface area contributed by atoms with Crippen LogP contribution >= 0.6 is 34.8 Å². The molecule has 0 aromatic heterocycles. The van der Waals surface area contributed by atoms with Gasteiger partial charge in [0, 0.05) is 11.1 Å². The first kappa shape index (κ1) is 17.8. The highest BCUT2D eigenvalue weighted by Crippen LogP contribution is 2.33. The zero-order valence-electron chi connectivity index (χ0n) is 12.5. The molecule has 1 aromatic carbocycles. The Hall–Kier alpha value is -0.520. The number of amides is 1. The Morgan fingerprint density at radius 1 is 1.27 bits per heavy atom. The molecule has 0 aliphatic carbocycles. The quantitative estimate of drug-likeness (QED) is 0.857. The standard InChI is InChI=1S/C15H20Cl3N3O/c1-21(11-3-2-5-19-6-4-11)9-14(22)20-15-12(17)7-10(16)8-13(15)18/h7-8,11,19H,2-6,9H2,1H3,(H,20,22). The summed E-state index contributed by atoms with van der Waals surface area (Å²) < 4.78 is 0. The fourth-order valence-electron chi connectivity index (χ4n) is 2.64. The highest BCUT2D eigenvalue weighted by Gasteiger charge is 2.19. The summed E-state index contributed by atoms with van der Waals surface area (Å²) in [5.74, 6) is -0.133. The molecule has 0 bridgehead atoms. The first-order valence-corrected chi connectivity index (χ1v) is 8.46. The third-order valence-electron chi connectivity index (χ3n) is 3.83. The number of carbonyl (C=O) groups excluding carboxylic acids is 1. The summed E-state index contributed by atoms with van der Waals surface area (Å²) in [7, 11) is 1.97. The predicted octanol–water partition coefficient (Wildman–Crippen LogP) is 3.66. The maximum atomic E-state index is 12.2. The third-order valence-corrected chi connectivity index (χ3v) is 4.65. The molecule has 22 heavy (non-hydrogen) atoms. The largest absolute Gasteiger partial charge is 0.322 e. The molecule has 0 spiro atoms. The van der Waals surface area contributed by atoms with Gasteiger partial charge in [0.1, 0.15) is 0 Å². The van der Waals surface area contributed by atoms with Crippen molar-refractivity contribution in [3.05, 3.63) is 27.2 Å². The Bertz CT molecular complexity index is 508. The van der Waals surface area contributed by atoms with Crippen molar-refractivity contribution >= 4 is 46.4 Å². The molecule has 0 saturated carbocycles. The summed E-state index contributed by atoms with van der Waals surface area (Å²) in [6.45, 7) is 2.35. The van der Waals surface area contributed by atoms with Gasteiger partial charge in [-0.2, -0.15) is 0 Å². The summed E-state index contributed by atoms with van der Waals surface area (Å²) in [6.07, 6.45) is 3.27. The molecular formula is C15H20Cl3N3O. The molecule has 0 radical (unpaired) electrons. The molecule has 1 amide bonds. The molecule has 1 unspecified atom stereocenters. The lowest BCUT2D eigenvalue weighted by Crippen LogP contribution is -2.38. The number of carbonyl (C=O) groups is 1. The van der Waals surface area contributed by atoms with Crippen LogP contribution in [0.1, 0.15) is 19.3 Å². The number of hydrogen-bond donors (Lipinski definition) is 2. The van der Waals surface area contributed by atoms with Crippen molar-refractivity contribution in [2.24, 2.45) is 0 Å². The second-order valence-corrected chi connectivity index (χ2v) is 6.79. The zero-order chi connectivity index (χ0) is 16.1. The Morgan fingerprint density at radius 2 is 1.95 bits per heavy atom. The maximum Gasteiger partial charge on any atom is 0.238 e. The number of nitrogens with one attached hydrogen (secondary N) is 2. The van der Waals surface area contributed by atoms with Gasteiger partial charge in [-0.15, -0.1) is 0 Å². The number of likely N-dealkylation sites (N-methyl/N-ethyl adjacent to an activating group) is 1. The molecule has 1 aliphatic rings. The number of hydrogen-bond acceptors (Lipinski definition) is 3. The minimum Gasteiger partial charge on any atom is -0.322 e. The Labute approximate surface area is 146 Å². The highest BCUT2D eigenvalue weighted by atomic mass is 35.5. The second kappa shape index (κ2) is 8.37. The van der Waals surface area contributed by atoms with E-state index in [1.807, 2.05) is 7.05 Å². The van der Waals surface area contributed by atoms with Crippen LogP contribution in [0.5, 0.6) is 0 Å². The second-order valence-electron chi connectivity index (χ2n) is 5.54. The SMILES string of the molecule is CN(CC(=O)Nc1c(Cl)cc(Cl)cc1Cl)C1CCCNCC1. The first-order chi connectivity index (χ1) is 10.5. The van der Waals surface area contributed by atoms with Crippen LogP contribution in [0.15, 0.2) is 12.1 Å². The summed E-state index contributed by atoms with van der Waals surface area (Å²) in [4.78, 5) is 14.3. The summed E-state index contributed by atoms with van der Waals surface area (Å²) >= 11 is 18.0. The van der Waals surface area contributed by atoms with Crippen LogP contribution in [0, 0.1) is 0 Å². The van der Waals surface area contributed by atoms with Gasteiger partial charge in [0.2, 0.25) is 5.91 Å². The van der Waals surface area contributed by atoms with Crippen LogP contribution in [0.25, 0.3) is 0 Å². The Balaban J connectivity index is 1.95. The van der Waals surface area contributed by atoms with Crippen LogP contribution in [0.4, 0.5) is 5.69 Å². The van der Waals surface area contributed by atoms with Crippen LogP contribution < -0.4 is 10.6 Å². The molecule has 2 rings (SSSR count). The zero-order valence-corrected chi connectivity index (χ0v) is 14.7. The van der Waals surface area contributed by atoms with Crippen molar-refractivity contribution in [3.63, 3.8) is 0 Å². The van der Waals surface area contributed by atoms with Gasteiger partial charge in [0.25, 0.3) is 0 Å². The van der Waals surface area contributed by atoms with E-state index in [-0.39, 0.29) is 5.91 Å². The van der Waals surface area contributed by atoms with Gasteiger partial charge in [-0.05, 0) is 51.5 Å². The monoisotopic (exact) mass is 363 g/mol. The van der Waals surface area contributed by atoms with Crippen LogP contribution in [-0.2, 0) is 4.79 Å². The van der Waals surface area contributed by atoms with Crippen molar-refractivity contribution in [2.75, 3.05) is 32.0 Å². The van der Waals surface area contributed by atoms with E-state index in [1.54, 1.807) is 12.1 Å². The van der Waals surface area contributed by atoms with E-state index in [0.29, 0.717) is 33.3 Å². The normalized spacial score (nSPS) is 19.0. The van der Waals surface area contributed by atoms with E-state index in [4.69, 9.17) is 34.8 Å². The summed E-state index contributed by atoms with van der Waals surface area (Å²) in [5.41, 5.74) is 0.411. The lowest BCUT2D eigenvalue weighted by molar-refractivity contribution is -0.117. The average Bonchev–Trinajstić information content (AvgIpc) is 2.71. The summed E-state index contributed by atoms with van der Waals surface area (Å²) in [5, 5.41) is 7.26. The van der Waals surface area contributed by atoms with E-state index in [1.165, 1.54) is 0 Å². The van der Waals surface area contributed by atoms with E-state index in [2.05, 4.69) is 15.5 Å². The van der Waals surface area contributed by atoms with Gasteiger partial charge in [0.05, 0.1) is 22.3 Å². The third kappa shape index (κ3) is 5.00. The molecule has 1 aromatic rings. The lowest BCUT2D eigenvalue weighted by Gasteiger charge is -2.26. The molecular weight excluding hydrogens is 345 g/mol. The highest BCUT2D eigenvalue weighted by molar-refractivity contribution is 6.42. The average molecular weight is 365 g/mol. The molecule has 1 aliphatic heterocycles. The summed E-state index contributed by atoms with van der Waals surface area (Å²) in [6, 6.07) is 3.54. The van der Waals surface area contributed by atoms with Gasteiger partial charge in [0.15, 0.2) is 0 Å². The Kier molecular flexibility index (Phi) is 6.78. The van der Waals surface area contributed by atoms with Gasteiger partial charge >= 0.3 is 0 Å². The van der Waals surface area contributed by atoms with Gasteiger partial charge in [-0.3, -0.25) is 9.69 Å². The molecule has 1 saturated heterocycles. The van der Waals surface area contributed by atoms with Crippen molar-refractivity contribution in [3.8, 4) is 0 Å². The molecule has 7 heteroatoms. The topological polar surface area (TPSA) is 44.4 Å². The molecule has 2 N–H and O–H groups in total. The van der Waals surface area contributed by atoms with Crippen LogP contribution in [-0.4, -0.2) is 43.5 Å². The minimum absolute atomic E-state index is 0.133. The molecule has 1 fully saturated rings. The minimum atomic E-state index is -0.133. The van der Waals surface area contributed by atoms with E-state index < -0.39 is 0 Å².